The highest BCUT2D eigenvalue weighted by atomic mass is 16.5. The van der Waals surface area contributed by atoms with E-state index < -0.39 is 0 Å². The standard InChI is InChI=1S/C21H32O2/c1-14(22)23-19-8-4-6-15-9-10-16-17-7-5-12-20(17,2)13-11-18(16)21(15,19)3/h9,16-19H,4-8,10-13H2,1-3H3/t16-,17-,18-,19?,20-,21-/m0/s1. The molecule has 2 heteroatoms. The number of fused-ring (bicyclic) bond motifs is 5. The third-order valence-corrected chi connectivity index (χ3v) is 8.21. The summed E-state index contributed by atoms with van der Waals surface area (Å²) in [5, 5.41) is 0. The van der Waals surface area contributed by atoms with E-state index in [0.29, 0.717) is 5.41 Å². The Kier molecular flexibility index (Phi) is 3.66. The summed E-state index contributed by atoms with van der Waals surface area (Å²) in [6.45, 7) is 6.56. The van der Waals surface area contributed by atoms with E-state index in [0.717, 1.165) is 24.2 Å². The molecule has 0 aromatic heterocycles. The molecule has 128 valence electrons. The van der Waals surface area contributed by atoms with Crippen molar-refractivity contribution < 1.29 is 9.53 Å². The minimum Gasteiger partial charge on any atom is -0.462 e. The molecular formula is C21H32O2. The fourth-order valence-electron chi connectivity index (χ4n) is 7.07. The van der Waals surface area contributed by atoms with Crippen LogP contribution in [0, 0.1) is 28.6 Å². The smallest absolute Gasteiger partial charge is 0.302 e. The van der Waals surface area contributed by atoms with Crippen LogP contribution in [0.4, 0.5) is 0 Å². The van der Waals surface area contributed by atoms with Crippen LogP contribution in [-0.2, 0) is 9.53 Å². The molecule has 4 rings (SSSR count). The molecule has 6 atom stereocenters. The number of hydrogen-bond donors (Lipinski definition) is 0. The first-order valence-electron chi connectivity index (χ1n) is 9.82. The Morgan fingerprint density at radius 1 is 1.13 bits per heavy atom. The Morgan fingerprint density at radius 3 is 2.74 bits per heavy atom. The predicted molar refractivity (Wildman–Crippen MR) is 91.9 cm³/mol. The molecule has 23 heavy (non-hydrogen) atoms. The van der Waals surface area contributed by atoms with Crippen molar-refractivity contribution >= 4 is 5.97 Å². The van der Waals surface area contributed by atoms with Gasteiger partial charge in [-0.2, -0.15) is 0 Å². The van der Waals surface area contributed by atoms with Gasteiger partial charge in [-0.25, -0.2) is 0 Å². The number of carbonyl (C=O) groups is 1. The molecule has 4 aliphatic carbocycles. The van der Waals surface area contributed by atoms with E-state index in [4.69, 9.17) is 4.74 Å². The van der Waals surface area contributed by atoms with E-state index in [2.05, 4.69) is 19.9 Å². The van der Waals surface area contributed by atoms with Crippen LogP contribution in [-0.4, -0.2) is 12.1 Å². The Bertz CT molecular complexity index is 536. The highest BCUT2D eigenvalue weighted by Crippen LogP contribution is 2.65. The molecule has 0 spiro atoms. The molecule has 0 N–H and O–H groups in total. The summed E-state index contributed by atoms with van der Waals surface area (Å²) in [7, 11) is 0. The molecule has 0 aromatic rings. The second-order valence-electron chi connectivity index (χ2n) is 9.20. The molecule has 4 aliphatic rings. The van der Waals surface area contributed by atoms with E-state index in [1.54, 1.807) is 12.5 Å². The van der Waals surface area contributed by atoms with Gasteiger partial charge in [0.1, 0.15) is 6.10 Å². The SMILES string of the molecule is CC(=O)OC1CCCC2=CC[C@H]3[C@@H]4CCC[C@@]4(C)CC[C@@H]3[C@]21C. The zero-order valence-corrected chi connectivity index (χ0v) is 15.1. The van der Waals surface area contributed by atoms with Gasteiger partial charge < -0.3 is 4.74 Å². The normalized spacial score (nSPS) is 48.7. The number of hydrogen-bond acceptors (Lipinski definition) is 2. The lowest BCUT2D eigenvalue weighted by atomic mass is 9.47. The first-order chi connectivity index (χ1) is 10.9. The van der Waals surface area contributed by atoms with Gasteiger partial charge in [0.15, 0.2) is 0 Å². The average Bonchev–Trinajstić information content (AvgIpc) is 2.89. The molecule has 2 nitrogen and oxygen atoms in total. The van der Waals surface area contributed by atoms with Gasteiger partial charge in [0, 0.05) is 12.3 Å². The third-order valence-electron chi connectivity index (χ3n) is 8.21. The Morgan fingerprint density at radius 2 is 1.96 bits per heavy atom. The number of carbonyl (C=O) groups excluding carboxylic acids is 1. The van der Waals surface area contributed by atoms with Crippen molar-refractivity contribution in [3.8, 4) is 0 Å². The van der Waals surface area contributed by atoms with Crippen LogP contribution >= 0.6 is 0 Å². The maximum Gasteiger partial charge on any atom is 0.302 e. The van der Waals surface area contributed by atoms with Gasteiger partial charge >= 0.3 is 5.97 Å². The van der Waals surface area contributed by atoms with Crippen LogP contribution < -0.4 is 0 Å². The van der Waals surface area contributed by atoms with Crippen molar-refractivity contribution in [2.45, 2.75) is 84.7 Å². The van der Waals surface area contributed by atoms with E-state index in [9.17, 15) is 4.79 Å². The zero-order chi connectivity index (χ0) is 16.2. The second kappa shape index (κ2) is 5.36. The number of ether oxygens (including phenoxy) is 1. The highest BCUT2D eigenvalue weighted by molar-refractivity contribution is 5.66. The Labute approximate surface area is 141 Å². The third kappa shape index (κ3) is 2.23. The summed E-state index contributed by atoms with van der Waals surface area (Å²) < 4.78 is 5.87. The Hall–Kier alpha value is -0.790. The molecule has 0 radical (unpaired) electrons. The maximum absolute atomic E-state index is 11.7. The van der Waals surface area contributed by atoms with Gasteiger partial charge in [0.05, 0.1) is 0 Å². The van der Waals surface area contributed by atoms with Gasteiger partial charge in [-0.15, -0.1) is 0 Å². The van der Waals surface area contributed by atoms with Crippen molar-refractivity contribution in [1.82, 2.24) is 0 Å². The number of allylic oxidation sites excluding steroid dienone is 1. The summed E-state index contributed by atoms with van der Waals surface area (Å²) in [6, 6.07) is 0. The lowest BCUT2D eigenvalue weighted by Gasteiger charge is -2.58. The maximum atomic E-state index is 11.7. The summed E-state index contributed by atoms with van der Waals surface area (Å²) in [5.74, 6) is 2.35. The zero-order valence-electron chi connectivity index (χ0n) is 15.1. The van der Waals surface area contributed by atoms with Crippen LogP contribution in [0.2, 0.25) is 0 Å². The molecule has 0 aliphatic heterocycles. The molecule has 0 aromatic carbocycles. The lowest BCUT2D eigenvalue weighted by molar-refractivity contribution is -0.161. The quantitative estimate of drug-likeness (QED) is 0.486. The molecule has 0 heterocycles. The minimum atomic E-state index is -0.0962. The molecule has 3 saturated carbocycles. The molecule has 0 bridgehead atoms. The largest absolute Gasteiger partial charge is 0.462 e. The van der Waals surface area contributed by atoms with Crippen LogP contribution in [0.1, 0.15) is 78.6 Å². The number of esters is 1. The average molecular weight is 316 g/mol. The molecule has 3 fully saturated rings. The summed E-state index contributed by atoms with van der Waals surface area (Å²) >= 11 is 0. The van der Waals surface area contributed by atoms with Gasteiger partial charge in [-0.3, -0.25) is 4.79 Å². The van der Waals surface area contributed by atoms with E-state index in [-0.39, 0.29) is 17.5 Å². The number of rotatable bonds is 1. The van der Waals surface area contributed by atoms with Crippen molar-refractivity contribution in [1.29, 1.82) is 0 Å². The molecule has 0 amide bonds. The molecular weight excluding hydrogens is 284 g/mol. The minimum absolute atomic E-state index is 0.0962. The summed E-state index contributed by atoms with van der Waals surface area (Å²) in [4.78, 5) is 11.7. The highest BCUT2D eigenvalue weighted by Gasteiger charge is 2.58. The first-order valence-corrected chi connectivity index (χ1v) is 9.82. The van der Waals surface area contributed by atoms with Gasteiger partial charge in [-0.05, 0) is 74.5 Å². The van der Waals surface area contributed by atoms with E-state index >= 15 is 0 Å². The topological polar surface area (TPSA) is 26.3 Å². The summed E-state index contributed by atoms with van der Waals surface area (Å²) in [6.07, 6.45) is 14.4. The van der Waals surface area contributed by atoms with E-state index in [1.807, 2.05) is 0 Å². The van der Waals surface area contributed by atoms with Gasteiger partial charge in [-0.1, -0.05) is 31.9 Å². The Balaban J connectivity index is 1.70. The second-order valence-corrected chi connectivity index (χ2v) is 9.20. The van der Waals surface area contributed by atoms with Crippen LogP contribution in [0.15, 0.2) is 11.6 Å². The summed E-state index contributed by atoms with van der Waals surface area (Å²) in [5.41, 5.74) is 2.31. The van der Waals surface area contributed by atoms with Crippen LogP contribution in [0.5, 0.6) is 0 Å². The molecule has 1 unspecified atom stereocenters. The molecule has 0 saturated heterocycles. The van der Waals surface area contributed by atoms with Gasteiger partial charge in [0.2, 0.25) is 0 Å². The van der Waals surface area contributed by atoms with Crippen LogP contribution in [0.25, 0.3) is 0 Å². The first kappa shape index (κ1) is 15.7. The monoisotopic (exact) mass is 316 g/mol. The van der Waals surface area contributed by atoms with Crippen molar-refractivity contribution in [2.24, 2.45) is 28.6 Å². The fourth-order valence-corrected chi connectivity index (χ4v) is 7.07. The predicted octanol–water partition coefficient (Wildman–Crippen LogP) is 5.27. The van der Waals surface area contributed by atoms with Crippen molar-refractivity contribution in [3.05, 3.63) is 11.6 Å². The van der Waals surface area contributed by atoms with Crippen LogP contribution in [0.3, 0.4) is 0 Å². The fraction of sp³-hybridized carbons (Fsp3) is 0.857. The lowest BCUT2D eigenvalue weighted by Crippen LogP contribution is -2.54. The van der Waals surface area contributed by atoms with Crippen molar-refractivity contribution in [2.75, 3.05) is 0 Å². The van der Waals surface area contributed by atoms with Gasteiger partial charge in [0.25, 0.3) is 0 Å². The van der Waals surface area contributed by atoms with E-state index in [1.165, 1.54) is 51.4 Å². The van der Waals surface area contributed by atoms with Crippen molar-refractivity contribution in [3.63, 3.8) is 0 Å².